The molecule has 0 atom stereocenters. The molecular weight excluding hydrogens is 230 g/mol. The maximum Gasteiger partial charge on any atom is 0.0208 e. The van der Waals surface area contributed by atoms with Gasteiger partial charge in [-0.25, -0.2) is 0 Å². The molecule has 0 aliphatic heterocycles. The highest BCUT2D eigenvalue weighted by atomic mass is 14.9. The van der Waals surface area contributed by atoms with Crippen LogP contribution in [-0.4, -0.2) is 6.04 Å². The van der Waals surface area contributed by atoms with Crippen molar-refractivity contribution >= 4 is 0 Å². The number of rotatable bonds is 4. The van der Waals surface area contributed by atoms with Gasteiger partial charge in [-0.15, -0.1) is 0 Å². The summed E-state index contributed by atoms with van der Waals surface area (Å²) in [5.74, 6) is 0. The molecule has 0 aromatic heterocycles. The summed E-state index contributed by atoms with van der Waals surface area (Å²) in [6, 6.07) is 16.4. The fraction of sp³-hybridized carbons (Fsp3) is 0.333. The van der Waals surface area contributed by atoms with Crippen LogP contribution in [0.3, 0.4) is 0 Å². The SMILES string of the molecule is Cc1ccc(-c2ccc(CNC3CC3)cc2)c(C)c1. The van der Waals surface area contributed by atoms with Crippen LogP contribution in [0.15, 0.2) is 42.5 Å². The second-order valence-corrected chi connectivity index (χ2v) is 5.67. The lowest BCUT2D eigenvalue weighted by atomic mass is 9.98. The van der Waals surface area contributed by atoms with Gasteiger partial charge in [-0.3, -0.25) is 0 Å². The first-order valence-electron chi connectivity index (χ1n) is 7.12. The number of aryl methyl sites for hydroxylation is 2. The standard InChI is InChI=1S/C18H21N/c1-13-3-10-18(14(2)11-13)16-6-4-15(5-7-16)12-19-17-8-9-17/h3-7,10-11,17,19H,8-9,12H2,1-2H3. The van der Waals surface area contributed by atoms with Gasteiger partial charge >= 0.3 is 0 Å². The van der Waals surface area contributed by atoms with Crippen molar-refractivity contribution in [2.45, 2.75) is 39.3 Å². The van der Waals surface area contributed by atoms with Gasteiger partial charge in [0.25, 0.3) is 0 Å². The zero-order valence-electron chi connectivity index (χ0n) is 11.7. The fourth-order valence-electron chi connectivity index (χ4n) is 2.49. The molecular formula is C18H21N. The van der Waals surface area contributed by atoms with Crippen LogP contribution in [0.4, 0.5) is 0 Å². The van der Waals surface area contributed by atoms with Gasteiger partial charge in [-0.1, -0.05) is 48.0 Å². The lowest BCUT2D eigenvalue weighted by Crippen LogP contribution is -2.14. The summed E-state index contributed by atoms with van der Waals surface area (Å²) in [7, 11) is 0. The first kappa shape index (κ1) is 12.4. The molecule has 3 rings (SSSR count). The largest absolute Gasteiger partial charge is 0.310 e. The van der Waals surface area contributed by atoms with E-state index in [9.17, 15) is 0 Å². The van der Waals surface area contributed by atoms with Crippen molar-refractivity contribution in [1.82, 2.24) is 5.32 Å². The molecule has 2 aromatic carbocycles. The summed E-state index contributed by atoms with van der Waals surface area (Å²) in [5, 5.41) is 3.55. The monoisotopic (exact) mass is 251 g/mol. The smallest absolute Gasteiger partial charge is 0.0208 e. The lowest BCUT2D eigenvalue weighted by Gasteiger charge is -2.09. The van der Waals surface area contributed by atoms with E-state index >= 15 is 0 Å². The van der Waals surface area contributed by atoms with Crippen molar-refractivity contribution in [1.29, 1.82) is 0 Å². The van der Waals surface area contributed by atoms with Crippen LogP contribution in [0.25, 0.3) is 11.1 Å². The van der Waals surface area contributed by atoms with Gasteiger partial charge in [-0.05, 0) is 48.9 Å². The Bertz CT molecular complexity index is 565. The van der Waals surface area contributed by atoms with E-state index < -0.39 is 0 Å². The molecule has 0 amide bonds. The van der Waals surface area contributed by atoms with E-state index in [0.29, 0.717) is 0 Å². The van der Waals surface area contributed by atoms with Crippen molar-refractivity contribution < 1.29 is 0 Å². The zero-order chi connectivity index (χ0) is 13.2. The Labute approximate surface area is 115 Å². The highest BCUT2D eigenvalue weighted by molar-refractivity contribution is 5.67. The van der Waals surface area contributed by atoms with Gasteiger partial charge in [0.05, 0.1) is 0 Å². The van der Waals surface area contributed by atoms with Crippen molar-refractivity contribution in [2.75, 3.05) is 0 Å². The number of hydrogen-bond donors (Lipinski definition) is 1. The molecule has 1 fully saturated rings. The first-order valence-corrected chi connectivity index (χ1v) is 7.12. The fourth-order valence-corrected chi connectivity index (χ4v) is 2.49. The molecule has 98 valence electrons. The van der Waals surface area contributed by atoms with Gasteiger partial charge in [0, 0.05) is 12.6 Å². The maximum absolute atomic E-state index is 3.55. The highest BCUT2D eigenvalue weighted by Crippen LogP contribution is 2.25. The second-order valence-electron chi connectivity index (χ2n) is 5.67. The van der Waals surface area contributed by atoms with Crippen LogP contribution in [0.5, 0.6) is 0 Å². The molecule has 1 aliphatic carbocycles. The molecule has 0 spiro atoms. The molecule has 1 nitrogen and oxygen atoms in total. The molecule has 0 bridgehead atoms. The van der Waals surface area contributed by atoms with Crippen molar-refractivity contribution in [3.05, 3.63) is 59.2 Å². The maximum atomic E-state index is 3.55. The van der Waals surface area contributed by atoms with Crippen LogP contribution in [0.1, 0.15) is 29.5 Å². The van der Waals surface area contributed by atoms with Crippen molar-refractivity contribution in [3.63, 3.8) is 0 Å². The van der Waals surface area contributed by atoms with Gasteiger partial charge in [0.15, 0.2) is 0 Å². The summed E-state index contributed by atoms with van der Waals surface area (Å²) in [5.41, 5.74) is 6.70. The molecule has 0 saturated heterocycles. The first-order chi connectivity index (χ1) is 9.22. The van der Waals surface area contributed by atoms with Crippen LogP contribution in [0, 0.1) is 13.8 Å². The summed E-state index contributed by atoms with van der Waals surface area (Å²) >= 11 is 0. The van der Waals surface area contributed by atoms with Gasteiger partial charge in [-0.2, -0.15) is 0 Å². The topological polar surface area (TPSA) is 12.0 Å². The Morgan fingerprint density at radius 1 is 1.00 bits per heavy atom. The third-order valence-electron chi connectivity index (χ3n) is 3.82. The van der Waals surface area contributed by atoms with Crippen LogP contribution < -0.4 is 5.32 Å². The molecule has 1 heteroatoms. The number of nitrogens with one attached hydrogen (secondary N) is 1. The molecule has 1 saturated carbocycles. The molecule has 1 aliphatic rings. The van der Waals surface area contributed by atoms with E-state index in [2.05, 4.69) is 61.6 Å². The van der Waals surface area contributed by atoms with Gasteiger partial charge in [0.2, 0.25) is 0 Å². The Balaban J connectivity index is 1.76. The average molecular weight is 251 g/mol. The minimum absolute atomic E-state index is 0.777. The molecule has 0 heterocycles. The zero-order valence-corrected chi connectivity index (χ0v) is 11.7. The Hall–Kier alpha value is -1.60. The Morgan fingerprint density at radius 3 is 2.37 bits per heavy atom. The summed E-state index contributed by atoms with van der Waals surface area (Å²) in [6.45, 7) is 5.33. The second kappa shape index (κ2) is 5.18. The van der Waals surface area contributed by atoms with E-state index in [1.807, 2.05) is 0 Å². The predicted octanol–water partition coefficient (Wildman–Crippen LogP) is 4.22. The van der Waals surface area contributed by atoms with Crippen molar-refractivity contribution in [3.8, 4) is 11.1 Å². The van der Waals surface area contributed by atoms with E-state index in [-0.39, 0.29) is 0 Å². The third kappa shape index (κ3) is 3.05. The van der Waals surface area contributed by atoms with Crippen LogP contribution in [-0.2, 0) is 6.54 Å². The Kier molecular flexibility index (Phi) is 3.39. The quantitative estimate of drug-likeness (QED) is 0.857. The molecule has 0 unspecified atom stereocenters. The molecule has 0 radical (unpaired) electrons. The minimum atomic E-state index is 0.777. The summed E-state index contributed by atoms with van der Waals surface area (Å²) in [4.78, 5) is 0. The van der Waals surface area contributed by atoms with E-state index in [1.165, 1.54) is 40.7 Å². The highest BCUT2D eigenvalue weighted by Gasteiger charge is 2.19. The minimum Gasteiger partial charge on any atom is -0.310 e. The third-order valence-corrected chi connectivity index (χ3v) is 3.82. The van der Waals surface area contributed by atoms with E-state index in [1.54, 1.807) is 0 Å². The predicted molar refractivity (Wildman–Crippen MR) is 81.2 cm³/mol. The van der Waals surface area contributed by atoms with E-state index in [0.717, 1.165) is 12.6 Å². The average Bonchev–Trinajstić information content (AvgIpc) is 3.21. The van der Waals surface area contributed by atoms with Crippen LogP contribution in [0.2, 0.25) is 0 Å². The van der Waals surface area contributed by atoms with E-state index in [4.69, 9.17) is 0 Å². The normalized spacial score (nSPS) is 14.6. The lowest BCUT2D eigenvalue weighted by molar-refractivity contribution is 0.688. The summed E-state index contributed by atoms with van der Waals surface area (Å²) in [6.07, 6.45) is 2.70. The number of benzene rings is 2. The summed E-state index contributed by atoms with van der Waals surface area (Å²) < 4.78 is 0. The van der Waals surface area contributed by atoms with Gasteiger partial charge < -0.3 is 5.32 Å². The van der Waals surface area contributed by atoms with Crippen LogP contribution >= 0.6 is 0 Å². The van der Waals surface area contributed by atoms with Crippen molar-refractivity contribution in [2.24, 2.45) is 0 Å². The molecule has 2 aromatic rings. The number of hydrogen-bond acceptors (Lipinski definition) is 1. The Morgan fingerprint density at radius 2 is 1.74 bits per heavy atom. The van der Waals surface area contributed by atoms with Gasteiger partial charge in [0.1, 0.15) is 0 Å². The molecule has 1 N–H and O–H groups in total. The molecule has 19 heavy (non-hydrogen) atoms.